The number of halogens is 2. The first-order chi connectivity index (χ1) is 14.0. The van der Waals surface area contributed by atoms with E-state index in [0.29, 0.717) is 38.6 Å². The molecule has 1 saturated heterocycles. The van der Waals surface area contributed by atoms with E-state index in [2.05, 4.69) is 0 Å². The van der Waals surface area contributed by atoms with E-state index in [1.165, 1.54) is 13.2 Å². The summed E-state index contributed by atoms with van der Waals surface area (Å²) in [4.78, 5) is 26.7. The van der Waals surface area contributed by atoms with Crippen LogP contribution in [-0.4, -0.2) is 18.3 Å². The van der Waals surface area contributed by atoms with Crippen molar-refractivity contribution in [1.82, 2.24) is 0 Å². The second kappa shape index (κ2) is 7.99. The average Bonchev–Trinajstić information content (AvgIpc) is 3.26. The summed E-state index contributed by atoms with van der Waals surface area (Å²) < 4.78 is 11.1. The third-order valence-electron chi connectivity index (χ3n) is 4.22. The topological polar surface area (TPSA) is 59.8 Å². The van der Waals surface area contributed by atoms with E-state index >= 15 is 0 Å². The second-order valence-electron chi connectivity index (χ2n) is 6.02. The lowest BCUT2D eigenvalue weighted by Crippen LogP contribution is -2.28. The number of furan rings is 1. The van der Waals surface area contributed by atoms with Crippen LogP contribution in [0.5, 0.6) is 5.75 Å². The minimum Gasteiger partial charge on any atom is -0.495 e. The number of carbonyl (C=O) groups is 2. The van der Waals surface area contributed by atoms with Crippen molar-refractivity contribution in [3.63, 3.8) is 0 Å². The molecule has 0 N–H and O–H groups in total. The number of ether oxygens (including phenoxy) is 1. The van der Waals surface area contributed by atoms with E-state index in [1.54, 1.807) is 54.6 Å². The number of rotatable bonds is 4. The molecule has 8 heteroatoms. The molecule has 0 aliphatic carbocycles. The Kier molecular flexibility index (Phi) is 5.41. The smallest absolute Gasteiger partial charge is 0.298 e. The van der Waals surface area contributed by atoms with Crippen LogP contribution in [0.15, 0.2) is 63.9 Å². The number of amides is 2. The molecule has 1 aromatic heterocycles. The van der Waals surface area contributed by atoms with Crippen molar-refractivity contribution in [2.45, 2.75) is 0 Å². The monoisotopic (exact) mass is 445 g/mol. The number of thioether (sulfide) groups is 1. The van der Waals surface area contributed by atoms with Gasteiger partial charge in [-0.15, -0.1) is 0 Å². The lowest BCUT2D eigenvalue weighted by atomic mass is 10.2. The van der Waals surface area contributed by atoms with Gasteiger partial charge in [0.15, 0.2) is 0 Å². The first-order valence-corrected chi connectivity index (χ1v) is 10.0. The highest BCUT2D eigenvalue weighted by molar-refractivity contribution is 8.19. The Bertz CT molecular complexity index is 1160. The molecule has 0 radical (unpaired) electrons. The highest BCUT2D eigenvalue weighted by Crippen LogP contribution is 2.40. The molecule has 2 aromatic carbocycles. The van der Waals surface area contributed by atoms with Crippen LogP contribution in [0.3, 0.4) is 0 Å². The normalized spacial score (nSPS) is 15.4. The Balaban J connectivity index is 1.64. The van der Waals surface area contributed by atoms with Crippen LogP contribution in [-0.2, 0) is 4.79 Å². The van der Waals surface area contributed by atoms with E-state index < -0.39 is 11.1 Å². The number of anilines is 1. The number of hydrogen-bond acceptors (Lipinski definition) is 5. The number of imide groups is 1. The minimum absolute atomic E-state index is 0.254. The van der Waals surface area contributed by atoms with Gasteiger partial charge in [0.25, 0.3) is 11.1 Å². The van der Waals surface area contributed by atoms with E-state index in [9.17, 15) is 9.59 Å². The Morgan fingerprint density at radius 1 is 1.07 bits per heavy atom. The SMILES string of the molecule is COc1ccccc1N1C(=O)S/C(=C\c2ccc(-c3ccc(Cl)cc3Cl)o2)C1=O. The standard InChI is InChI=1S/C21H13Cl2NO4S/c1-27-18-5-3-2-4-16(18)24-20(25)19(29-21(24)26)11-13-7-9-17(28-13)14-8-6-12(22)10-15(14)23/h2-11H,1H3/b19-11-. The van der Waals surface area contributed by atoms with Crippen molar-refractivity contribution in [1.29, 1.82) is 0 Å². The molecular formula is C21H13Cl2NO4S. The fraction of sp³-hybridized carbons (Fsp3) is 0.0476. The highest BCUT2D eigenvalue weighted by Gasteiger charge is 2.37. The van der Waals surface area contributed by atoms with Gasteiger partial charge in [-0.3, -0.25) is 9.59 Å². The van der Waals surface area contributed by atoms with Crippen LogP contribution in [0.2, 0.25) is 10.0 Å². The van der Waals surface area contributed by atoms with Crippen LogP contribution in [0.1, 0.15) is 5.76 Å². The van der Waals surface area contributed by atoms with Crippen LogP contribution in [0.25, 0.3) is 17.4 Å². The molecule has 1 aliphatic heterocycles. The Labute approximate surface area is 180 Å². The molecule has 5 nitrogen and oxygen atoms in total. The summed E-state index contributed by atoms with van der Waals surface area (Å²) in [5.41, 5.74) is 1.08. The number of para-hydroxylation sites is 2. The van der Waals surface area contributed by atoms with Crippen molar-refractivity contribution in [2.24, 2.45) is 0 Å². The third kappa shape index (κ3) is 3.79. The lowest BCUT2D eigenvalue weighted by Gasteiger charge is -2.15. The van der Waals surface area contributed by atoms with Crippen LogP contribution in [0.4, 0.5) is 10.5 Å². The lowest BCUT2D eigenvalue weighted by molar-refractivity contribution is -0.113. The van der Waals surface area contributed by atoms with Crippen molar-refractivity contribution in [3.05, 3.63) is 75.3 Å². The molecule has 4 rings (SSSR count). The predicted octanol–water partition coefficient (Wildman–Crippen LogP) is 6.50. The first kappa shape index (κ1) is 19.6. The molecule has 1 aliphatic rings. The maximum absolute atomic E-state index is 12.8. The van der Waals surface area contributed by atoms with Gasteiger partial charge >= 0.3 is 0 Å². The number of benzene rings is 2. The van der Waals surface area contributed by atoms with E-state index in [4.69, 9.17) is 32.4 Å². The molecular weight excluding hydrogens is 433 g/mol. The van der Waals surface area contributed by atoms with Crippen molar-refractivity contribution in [3.8, 4) is 17.1 Å². The summed E-state index contributed by atoms with van der Waals surface area (Å²) in [6.45, 7) is 0. The summed E-state index contributed by atoms with van der Waals surface area (Å²) in [6.07, 6.45) is 1.54. The fourth-order valence-corrected chi connectivity index (χ4v) is 4.20. The van der Waals surface area contributed by atoms with Gasteiger partial charge in [0.05, 0.1) is 22.7 Å². The molecule has 2 heterocycles. The van der Waals surface area contributed by atoms with E-state index in [1.807, 2.05) is 0 Å². The second-order valence-corrected chi connectivity index (χ2v) is 7.85. The van der Waals surface area contributed by atoms with Gasteiger partial charge in [-0.05, 0) is 54.2 Å². The largest absolute Gasteiger partial charge is 0.495 e. The van der Waals surface area contributed by atoms with Gasteiger partial charge in [-0.2, -0.15) is 0 Å². The summed E-state index contributed by atoms with van der Waals surface area (Å²) in [5.74, 6) is 0.958. The Morgan fingerprint density at radius 2 is 1.86 bits per heavy atom. The Hall–Kier alpha value is -2.67. The van der Waals surface area contributed by atoms with Crippen LogP contribution < -0.4 is 9.64 Å². The predicted molar refractivity (Wildman–Crippen MR) is 116 cm³/mol. The van der Waals surface area contributed by atoms with E-state index in [0.717, 1.165) is 16.7 Å². The Morgan fingerprint density at radius 3 is 2.62 bits per heavy atom. The quantitative estimate of drug-likeness (QED) is 0.428. The third-order valence-corrected chi connectivity index (χ3v) is 5.63. The number of nitrogens with zero attached hydrogens (tertiary/aromatic N) is 1. The van der Waals surface area contributed by atoms with E-state index in [-0.39, 0.29) is 4.91 Å². The number of hydrogen-bond donors (Lipinski definition) is 0. The molecule has 1 fully saturated rings. The first-order valence-electron chi connectivity index (χ1n) is 8.44. The van der Waals surface area contributed by atoms with Crippen molar-refractivity contribution in [2.75, 3.05) is 12.0 Å². The van der Waals surface area contributed by atoms with Gasteiger partial charge in [-0.1, -0.05) is 35.3 Å². The fourth-order valence-electron chi connectivity index (χ4n) is 2.88. The zero-order chi connectivity index (χ0) is 20.5. The van der Waals surface area contributed by atoms with Crippen molar-refractivity contribution >= 4 is 57.9 Å². The molecule has 3 aromatic rings. The molecule has 146 valence electrons. The number of methoxy groups -OCH3 is 1. The van der Waals surface area contributed by atoms with Crippen LogP contribution in [0, 0.1) is 0 Å². The van der Waals surface area contributed by atoms with Crippen LogP contribution >= 0.6 is 35.0 Å². The minimum atomic E-state index is -0.438. The van der Waals surface area contributed by atoms with Gasteiger partial charge in [0, 0.05) is 16.7 Å². The van der Waals surface area contributed by atoms with Gasteiger partial charge in [0.2, 0.25) is 0 Å². The molecule has 0 atom stereocenters. The highest BCUT2D eigenvalue weighted by atomic mass is 35.5. The summed E-state index contributed by atoms with van der Waals surface area (Å²) >= 11 is 13.0. The maximum Gasteiger partial charge on any atom is 0.298 e. The zero-order valence-electron chi connectivity index (χ0n) is 15.0. The maximum atomic E-state index is 12.8. The molecule has 0 bridgehead atoms. The molecule has 0 saturated carbocycles. The van der Waals surface area contributed by atoms with Gasteiger partial charge < -0.3 is 9.15 Å². The average molecular weight is 446 g/mol. The summed E-state index contributed by atoms with van der Waals surface area (Å²) in [6, 6.07) is 15.4. The molecule has 29 heavy (non-hydrogen) atoms. The molecule has 0 spiro atoms. The zero-order valence-corrected chi connectivity index (χ0v) is 17.3. The van der Waals surface area contributed by atoms with Gasteiger partial charge in [0.1, 0.15) is 17.3 Å². The summed E-state index contributed by atoms with van der Waals surface area (Å²) in [7, 11) is 1.49. The molecule has 2 amide bonds. The molecule has 0 unspecified atom stereocenters. The van der Waals surface area contributed by atoms with Gasteiger partial charge in [-0.25, -0.2) is 4.90 Å². The summed E-state index contributed by atoms with van der Waals surface area (Å²) in [5, 5.41) is 0.573. The van der Waals surface area contributed by atoms with Crippen molar-refractivity contribution < 1.29 is 18.7 Å². The number of carbonyl (C=O) groups excluding carboxylic acids is 2.